The molecule has 1 aromatic rings. The van der Waals surface area contributed by atoms with Gasteiger partial charge in [0.05, 0.1) is 11.8 Å². The maximum Gasteiger partial charge on any atom is 0.333 e. The van der Waals surface area contributed by atoms with E-state index < -0.39 is 0 Å². The minimum absolute atomic E-state index is 0.649. The first-order chi connectivity index (χ1) is 10.1. The predicted molar refractivity (Wildman–Crippen MR) is 88.6 cm³/mol. The van der Waals surface area contributed by atoms with Crippen molar-refractivity contribution in [2.24, 2.45) is 11.8 Å². The van der Waals surface area contributed by atoms with Crippen LogP contribution in [0.25, 0.3) is 0 Å². The van der Waals surface area contributed by atoms with E-state index in [0.717, 1.165) is 11.8 Å². The molecule has 2 aliphatic rings. The molecule has 116 valence electrons. The maximum absolute atomic E-state index is 6.48. The molecule has 2 fully saturated rings. The van der Waals surface area contributed by atoms with Crippen LogP contribution in [0.1, 0.15) is 94.1 Å². The molecule has 1 aromatic heterocycles. The standard InChI is InChI=1S/C20H31O/c1-14-12-19(17-10-6-4-8-15(17)2)21-20(13-14)18-11-7-5-9-16(18)3/h12-13,15-18H,4-11H2,1-3H3/q+1/t15-,16+,17+,18-. The SMILES string of the molecule is Cc1cc([C@H]2CCCC[C@H]2C)[o+]c([C@@H]2CCCC[C@@H]2C)c1. The molecule has 2 saturated carbocycles. The van der Waals surface area contributed by atoms with E-state index in [9.17, 15) is 0 Å². The predicted octanol–water partition coefficient (Wildman–Crippen LogP) is 6.46. The summed E-state index contributed by atoms with van der Waals surface area (Å²) in [5.74, 6) is 5.40. The van der Waals surface area contributed by atoms with Gasteiger partial charge >= 0.3 is 11.5 Å². The van der Waals surface area contributed by atoms with E-state index in [1.54, 1.807) is 0 Å². The minimum Gasteiger partial charge on any atom is -0.217 e. The summed E-state index contributed by atoms with van der Waals surface area (Å²) in [7, 11) is 0. The molecule has 0 aliphatic heterocycles. The summed E-state index contributed by atoms with van der Waals surface area (Å²) in [4.78, 5) is 0. The lowest BCUT2D eigenvalue weighted by molar-refractivity contribution is 0.247. The van der Waals surface area contributed by atoms with Gasteiger partial charge in [0.2, 0.25) is 0 Å². The zero-order chi connectivity index (χ0) is 14.8. The van der Waals surface area contributed by atoms with Crippen LogP contribution in [0, 0.1) is 18.8 Å². The third-order valence-corrected chi connectivity index (χ3v) is 5.93. The number of hydrogen-bond donors (Lipinski definition) is 0. The van der Waals surface area contributed by atoms with E-state index in [0.29, 0.717) is 11.8 Å². The second-order valence-corrected chi connectivity index (χ2v) is 7.68. The van der Waals surface area contributed by atoms with Gasteiger partial charge in [0, 0.05) is 12.1 Å². The Hall–Kier alpha value is -0.850. The first-order valence-corrected chi connectivity index (χ1v) is 9.09. The summed E-state index contributed by atoms with van der Waals surface area (Å²) >= 11 is 0. The van der Waals surface area contributed by atoms with Gasteiger partial charge in [0.15, 0.2) is 0 Å². The van der Waals surface area contributed by atoms with Crippen LogP contribution >= 0.6 is 0 Å². The monoisotopic (exact) mass is 287 g/mol. The molecule has 0 amide bonds. The van der Waals surface area contributed by atoms with Gasteiger partial charge in [0.1, 0.15) is 0 Å². The first-order valence-electron chi connectivity index (χ1n) is 9.09. The molecule has 2 aliphatic carbocycles. The normalized spacial score (nSPS) is 33.9. The summed E-state index contributed by atoms with van der Waals surface area (Å²) < 4.78 is 6.48. The van der Waals surface area contributed by atoms with Crippen LogP contribution in [0.3, 0.4) is 0 Å². The van der Waals surface area contributed by atoms with Crippen molar-refractivity contribution in [3.63, 3.8) is 0 Å². The van der Waals surface area contributed by atoms with Gasteiger partial charge in [0.25, 0.3) is 0 Å². The first kappa shape index (κ1) is 15.1. The van der Waals surface area contributed by atoms with Gasteiger partial charge in [-0.3, -0.25) is 0 Å². The Morgan fingerprint density at radius 2 is 1.19 bits per heavy atom. The van der Waals surface area contributed by atoms with Crippen LogP contribution in [-0.4, -0.2) is 0 Å². The Morgan fingerprint density at radius 1 is 0.762 bits per heavy atom. The van der Waals surface area contributed by atoms with Crippen molar-refractivity contribution in [1.29, 1.82) is 0 Å². The van der Waals surface area contributed by atoms with Crippen molar-refractivity contribution in [2.45, 2.75) is 84.0 Å². The zero-order valence-corrected chi connectivity index (χ0v) is 14.0. The molecule has 0 N–H and O–H groups in total. The summed E-state index contributed by atoms with van der Waals surface area (Å²) in [5.41, 5.74) is 1.39. The molecule has 1 nitrogen and oxygen atoms in total. The molecule has 21 heavy (non-hydrogen) atoms. The highest BCUT2D eigenvalue weighted by Gasteiger charge is 2.36. The largest absolute Gasteiger partial charge is 0.333 e. The van der Waals surface area contributed by atoms with Crippen molar-refractivity contribution in [3.05, 3.63) is 29.2 Å². The van der Waals surface area contributed by atoms with E-state index in [1.165, 1.54) is 68.5 Å². The fourth-order valence-corrected chi connectivity index (χ4v) is 4.53. The minimum atomic E-state index is 0.649. The lowest BCUT2D eigenvalue weighted by Gasteiger charge is -2.26. The molecule has 0 radical (unpaired) electrons. The van der Waals surface area contributed by atoms with E-state index in [-0.39, 0.29) is 0 Å². The molecule has 0 unspecified atom stereocenters. The van der Waals surface area contributed by atoms with Gasteiger partial charge in [-0.1, -0.05) is 39.5 Å². The van der Waals surface area contributed by atoms with Gasteiger partial charge in [-0.05, 0) is 50.0 Å². The quantitative estimate of drug-likeness (QED) is 0.568. The van der Waals surface area contributed by atoms with Crippen molar-refractivity contribution in [2.75, 3.05) is 0 Å². The average molecular weight is 287 g/mol. The summed E-state index contributed by atoms with van der Waals surface area (Å²) in [5, 5.41) is 0. The fourth-order valence-electron chi connectivity index (χ4n) is 4.53. The zero-order valence-electron chi connectivity index (χ0n) is 14.0. The lowest BCUT2D eigenvalue weighted by Crippen LogP contribution is -2.18. The van der Waals surface area contributed by atoms with Crippen LogP contribution in [0.15, 0.2) is 16.5 Å². The Kier molecular flexibility index (Phi) is 4.66. The van der Waals surface area contributed by atoms with Crippen LogP contribution in [-0.2, 0) is 0 Å². The van der Waals surface area contributed by atoms with Crippen LogP contribution in [0.5, 0.6) is 0 Å². The van der Waals surface area contributed by atoms with Crippen LogP contribution < -0.4 is 0 Å². The van der Waals surface area contributed by atoms with E-state index in [1.807, 2.05) is 0 Å². The molecule has 1 heteroatoms. The highest BCUT2D eigenvalue weighted by molar-refractivity contribution is 5.22. The van der Waals surface area contributed by atoms with Gasteiger partial charge in [-0.2, -0.15) is 0 Å². The molecule has 0 spiro atoms. The van der Waals surface area contributed by atoms with Gasteiger partial charge in [-0.25, -0.2) is 4.42 Å². The molecular weight excluding hydrogens is 256 g/mol. The highest BCUT2D eigenvalue weighted by Crippen LogP contribution is 2.42. The Labute approximate surface area is 130 Å². The molecule has 1 heterocycles. The Bertz CT molecular complexity index is 438. The molecule has 3 rings (SSSR count). The topological polar surface area (TPSA) is 11.3 Å². The molecule has 0 bridgehead atoms. The van der Waals surface area contributed by atoms with Gasteiger partial charge in [-0.15, -0.1) is 0 Å². The van der Waals surface area contributed by atoms with Crippen molar-refractivity contribution >= 4 is 0 Å². The third kappa shape index (κ3) is 3.33. The summed E-state index contributed by atoms with van der Waals surface area (Å²) in [6, 6.07) is 4.62. The Balaban J connectivity index is 1.88. The number of hydrogen-bond acceptors (Lipinski definition) is 0. The second-order valence-electron chi connectivity index (χ2n) is 7.68. The summed E-state index contributed by atoms with van der Waals surface area (Å²) in [6.45, 7) is 7.05. The van der Waals surface area contributed by atoms with E-state index >= 15 is 0 Å². The smallest absolute Gasteiger partial charge is 0.217 e. The fraction of sp³-hybridized carbons (Fsp3) is 0.750. The van der Waals surface area contributed by atoms with Crippen molar-refractivity contribution in [1.82, 2.24) is 0 Å². The molecular formula is C20H31O+. The van der Waals surface area contributed by atoms with E-state index in [4.69, 9.17) is 4.42 Å². The highest BCUT2D eigenvalue weighted by atomic mass is 16.3. The average Bonchev–Trinajstić information content (AvgIpc) is 2.47. The summed E-state index contributed by atoms with van der Waals surface area (Å²) in [6.07, 6.45) is 10.9. The molecule has 4 atom stereocenters. The third-order valence-electron chi connectivity index (χ3n) is 5.93. The van der Waals surface area contributed by atoms with E-state index in [2.05, 4.69) is 32.9 Å². The van der Waals surface area contributed by atoms with Crippen molar-refractivity contribution < 1.29 is 4.42 Å². The number of aryl methyl sites for hydroxylation is 1. The molecule has 0 saturated heterocycles. The van der Waals surface area contributed by atoms with Crippen LogP contribution in [0.4, 0.5) is 0 Å². The van der Waals surface area contributed by atoms with Crippen molar-refractivity contribution in [3.8, 4) is 0 Å². The maximum atomic E-state index is 6.48. The lowest BCUT2D eigenvalue weighted by atomic mass is 9.77. The second kappa shape index (κ2) is 6.50. The Morgan fingerprint density at radius 3 is 1.62 bits per heavy atom. The molecule has 0 aromatic carbocycles. The van der Waals surface area contributed by atoms with Gasteiger partial charge < -0.3 is 0 Å². The van der Waals surface area contributed by atoms with Crippen LogP contribution in [0.2, 0.25) is 0 Å². The number of rotatable bonds is 2.